The summed E-state index contributed by atoms with van der Waals surface area (Å²) in [7, 11) is 0. The Labute approximate surface area is 120 Å². The minimum absolute atomic E-state index is 0.866. The first kappa shape index (κ1) is 12.8. The number of aryl methyl sites for hydroxylation is 1. The lowest BCUT2D eigenvalue weighted by molar-refractivity contribution is 0.682. The molecule has 0 aliphatic heterocycles. The average Bonchev–Trinajstić information content (AvgIpc) is 2.93. The zero-order valence-corrected chi connectivity index (χ0v) is 11.8. The zero-order valence-electron chi connectivity index (χ0n) is 11.8. The normalized spacial score (nSPS) is 10.8. The molecule has 0 aliphatic carbocycles. The van der Waals surface area contributed by atoms with E-state index < -0.39 is 0 Å². The fourth-order valence-electron chi connectivity index (χ4n) is 2.57. The summed E-state index contributed by atoms with van der Waals surface area (Å²) in [6, 6.07) is 17.1. The molecule has 0 bridgehead atoms. The van der Waals surface area contributed by atoms with E-state index in [1.807, 2.05) is 0 Å². The lowest BCUT2D eigenvalue weighted by Crippen LogP contribution is -1.99. The van der Waals surface area contributed by atoms with Gasteiger partial charge in [-0.1, -0.05) is 43.3 Å². The van der Waals surface area contributed by atoms with Crippen LogP contribution < -0.4 is 5.32 Å². The number of nitrogens with one attached hydrogen (secondary N) is 1. The van der Waals surface area contributed by atoms with Gasteiger partial charge in [0.05, 0.1) is 0 Å². The average molecular weight is 264 g/mol. The Morgan fingerprint density at radius 2 is 1.85 bits per heavy atom. The predicted molar refractivity (Wildman–Crippen MR) is 86.0 cm³/mol. The maximum absolute atomic E-state index is 3.55. The monoisotopic (exact) mass is 264 g/mol. The van der Waals surface area contributed by atoms with Crippen molar-refractivity contribution in [3.8, 4) is 0 Å². The van der Waals surface area contributed by atoms with Gasteiger partial charge in [0, 0.05) is 36.6 Å². The van der Waals surface area contributed by atoms with E-state index in [9.17, 15) is 0 Å². The van der Waals surface area contributed by atoms with Crippen molar-refractivity contribution in [3.05, 3.63) is 66.5 Å². The van der Waals surface area contributed by atoms with Crippen LogP contribution >= 0.6 is 0 Å². The van der Waals surface area contributed by atoms with Crippen LogP contribution in [-0.4, -0.2) is 4.57 Å². The van der Waals surface area contributed by atoms with Crippen molar-refractivity contribution >= 4 is 16.5 Å². The van der Waals surface area contributed by atoms with Crippen LogP contribution in [0.25, 0.3) is 10.8 Å². The van der Waals surface area contributed by atoms with Gasteiger partial charge < -0.3 is 9.88 Å². The van der Waals surface area contributed by atoms with Crippen molar-refractivity contribution < 1.29 is 0 Å². The van der Waals surface area contributed by atoms with E-state index >= 15 is 0 Å². The molecule has 1 aromatic heterocycles. The molecule has 0 aliphatic rings. The highest BCUT2D eigenvalue weighted by Crippen LogP contribution is 2.23. The highest BCUT2D eigenvalue weighted by molar-refractivity contribution is 5.93. The van der Waals surface area contributed by atoms with Gasteiger partial charge in [0.15, 0.2) is 0 Å². The molecule has 102 valence electrons. The maximum Gasteiger partial charge on any atom is 0.0422 e. The molecule has 2 heteroatoms. The summed E-state index contributed by atoms with van der Waals surface area (Å²) in [5.41, 5.74) is 2.53. The molecule has 0 radical (unpaired) electrons. The van der Waals surface area contributed by atoms with Crippen LogP contribution in [0.3, 0.4) is 0 Å². The largest absolute Gasteiger partial charge is 0.380 e. The molecule has 0 fully saturated rings. The number of rotatable bonds is 5. The molecule has 0 atom stereocenters. The second-order valence-corrected chi connectivity index (χ2v) is 5.14. The molecule has 2 aromatic carbocycles. The molecule has 0 saturated carbocycles. The summed E-state index contributed by atoms with van der Waals surface area (Å²) in [5, 5.41) is 6.11. The summed E-state index contributed by atoms with van der Waals surface area (Å²) >= 11 is 0. The van der Waals surface area contributed by atoms with E-state index in [1.54, 1.807) is 0 Å². The van der Waals surface area contributed by atoms with Crippen molar-refractivity contribution in [1.29, 1.82) is 0 Å². The van der Waals surface area contributed by atoms with Crippen molar-refractivity contribution in [1.82, 2.24) is 4.57 Å². The van der Waals surface area contributed by atoms with Crippen LogP contribution in [0.4, 0.5) is 5.69 Å². The smallest absolute Gasteiger partial charge is 0.0422 e. The van der Waals surface area contributed by atoms with Gasteiger partial charge >= 0.3 is 0 Å². The van der Waals surface area contributed by atoms with Gasteiger partial charge in [-0.25, -0.2) is 0 Å². The highest BCUT2D eigenvalue weighted by Gasteiger charge is 2.01. The van der Waals surface area contributed by atoms with Crippen LogP contribution in [0.2, 0.25) is 0 Å². The Balaban J connectivity index is 1.76. The number of hydrogen-bond acceptors (Lipinski definition) is 1. The lowest BCUT2D eigenvalue weighted by Gasteiger charge is -2.09. The first-order valence-electron chi connectivity index (χ1n) is 7.23. The fraction of sp³-hybridized carbons (Fsp3) is 0.222. The topological polar surface area (TPSA) is 17.0 Å². The number of nitrogens with zero attached hydrogens (tertiary/aromatic N) is 1. The first-order valence-corrected chi connectivity index (χ1v) is 7.23. The molecule has 3 aromatic rings. The number of benzene rings is 2. The molecule has 1 heterocycles. The van der Waals surface area contributed by atoms with E-state index in [1.165, 1.54) is 28.4 Å². The number of anilines is 1. The minimum atomic E-state index is 0.866. The number of hydrogen-bond donors (Lipinski definition) is 1. The fourth-order valence-corrected chi connectivity index (χ4v) is 2.57. The molecule has 2 nitrogen and oxygen atoms in total. The minimum Gasteiger partial charge on any atom is -0.380 e. The predicted octanol–water partition coefficient (Wildman–Crippen LogP) is 4.66. The Bertz CT molecular complexity index is 692. The molecule has 0 spiro atoms. The highest BCUT2D eigenvalue weighted by atomic mass is 14.9. The summed E-state index contributed by atoms with van der Waals surface area (Å²) in [4.78, 5) is 0. The summed E-state index contributed by atoms with van der Waals surface area (Å²) < 4.78 is 2.25. The Hall–Kier alpha value is -2.22. The Kier molecular flexibility index (Phi) is 3.73. The van der Waals surface area contributed by atoms with E-state index in [4.69, 9.17) is 0 Å². The Morgan fingerprint density at radius 3 is 2.75 bits per heavy atom. The Morgan fingerprint density at radius 1 is 1.00 bits per heavy atom. The van der Waals surface area contributed by atoms with E-state index in [0.29, 0.717) is 0 Å². The van der Waals surface area contributed by atoms with Gasteiger partial charge in [0.1, 0.15) is 0 Å². The van der Waals surface area contributed by atoms with Gasteiger partial charge in [0.2, 0.25) is 0 Å². The van der Waals surface area contributed by atoms with Gasteiger partial charge in [-0.15, -0.1) is 0 Å². The van der Waals surface area contributed by atoms with Gasteiger partial charge in [-0.3, -0.25) is 0 Å². The van der Waals surface area contributed by atoms with Crippen molar-refractivity contribution in [2.75, 3.05) is 5.32 Å². The first-order chi connectivity index (χ1) is 9.86. The van der Waals surface area contributed by atoms with Crippen LogP contribution in [0.15, 0.2) is 60.9 Å². The van der Waals surface area contributed by atoms with Gasteiger partial charge in [-0.05, 0) is 29.5 Å². The zero-order chi connectivity index (χ0) is 13.8. The van der Waals surface area contributed by atoms with E-state index in [0.717, 1.165) is 13.1 Å². The third kappa shape index (κ3) is 2.69. The SMILES string of the molecule is CCCn1ccc(CNc2cccc3ccccc23)c1. The molecule has 0 unspecified atom stereocenters. The standard InChI is InChI=1S/C18H20N2/c1-2-11-20-12-10-15(14-20)13-19-18-9-5-7-16-6-3-4-8-17(16)18/h3-10,12,14,19H,2,11,13H2,1H3. The number of fused-ring (bicyclic) bond motifs is 1. The van der Waals surface area contributed by atoms with E-state index in [2.05, 4.69) is 77.7 Å². The summed E-state index contributed by atoms with van der Waals surface area (Å²) in [6.07, 6.45) is 5.55. The third-order valence-corrected chi connectivity index (χ3v) is 3.57. The number of aromatic nitrogens is 1. The lowest BCUT2D eigenvalue weighted by atomic mass is 10.1. The van der Waals surface area contributed by atoms with Crippen molar-refractivity contribution in [2.24, 2.45) is 0 Å². The second-order valence-electron chi connectivity index (χ2n) is 5.14. The summed E-state index contributed by atoms with van der Waals surface area (Å²) in [6.45, 7) is 4.16. The summed E-state index contributed by atoms with van der Waals surface area (Å²) in [5.74, 6) is 0. The molecule has 0 saturated heterocycles. The molecular formula is C18H20N2. The third-order valence-electron chi connectivity index (χ3n) is 3.57. The van der Waals surface area contributed by atoms with Crippen LogP contribution in [0.1, 0.15) is 18.9 Å². The van der Waals surface area contributed by atoms with Gasteiger partial charge in [-0.2, -0.15) is 0 Å². The van der Waals surface area contributed by atoms with E-state index in [-0.39, 0.29) is 0 Å². The van der Waals surface area contributed by atoms with Crippen molar-refractivity contribution in [2.45, 2.75) is 26.4 Å². The second kappa shape index (κ2) is 5.83. The molecule has 0 amide bonds. The van der Waals surface area contributed by atoms with Crippen molar-refractivity contribution in [3.63, 3.8) is 0 Å². The van der Waals surface area contributed by atoms with Crippen LogP contribution in [0.5, 0.6) is 0 Å². The maximum atomic E-state index is 3.55. The molecule has 1 N–H and O–H groups in total. The molecule has 3 rings (SSSR count). The van der Waals surface area contributed by atoms with Gasteiger partial charge in [0.25, 0.3) is 0 Å². The van der Waals surface area contributed by atoms with Crippen LogP contribution in [-0.2, 0) is 13.1 Å². The molecule has 20 heavy (non-hydrogen) atoms. The quantitative estimate of drug-likeness (QED) is 0.709. The van der Waals surface area contributed by atoms with Crippen LogP contribution in [0, 0.1) is 0 Å². The molecular weight excluding hydrogens is 244 g/mol.